The van der Waals surface area contributed by atoms with Crippen LogP contribution in [0.4, 0.5) is 5.82 Å². The van der Waals surface area contributed by atoms with Gasteiger partial charge in [0.15, 0.2) is 0 Å². The van der Waals surface area contributed by atoms with Gasteiger partial charge in [-0.05, 0) is 32.3 Å². The summed E-state index contributed by atoms with van der Waals surface area (Å²) in [5.41, 5.74) is 2.77. The molecule has 2 heterocycles. The van der Waals surface area contributed by atoms with Crippen molar-refractivity contribution in [3.63, 3.8) is 0 Å². The van der Waals surface area contributed by atoms with Crippen molar-refractivity contribution in [1.29, 1.82) is 5.26 Å². The molecule has 0 unspecified atom stereocenters. The van der Waals surface area contributed by atoms with E-state index in [1.165, 1.54) is 19.3 Å². The van der Waals surface area contributed by atoms with Crippen LogP contribution in [0.3, 0.4) is 0 Å². The minimum Gasteiger partial charge on any atom is -0.380 e. The topological polar surface area (TPSA) is 50.4 Å². The van der Waals surface area contributed by atoms with Crippen molar-refractivity contribution in [1.82, 2.24) is 0 Å². The number of aromatic nitrogens is 1. The Morgan fingerprint density at radius 3 is 2.72 bits per heavy atom. The number of aryl methyl sites for hydroxylation is 1. The molecule has 0 bridgehead atoms. The number of nitrogens with one attached hydrogen (secondary N) is 1. The number of rotatable bonds is 3. The van der Waals surface area contributed by atoms with E-state index in [-0.39, 0.29) is 0 Å². The lowest BCUT2D eigenvalue weighted by atomic mass is 10.1. The van der Waals surface area contributed by atoms with Crippen LogP contribution in [0.1, 0.15) is 36.1 Å². The Bertz CT molecular complexity index is 459. The number of nitrogens with zero attached hydrogens (tertiary/aromatic N) is 2. The predicted octanol–water partition coefficient (Wildman–Crippen LogP) is 1.82. The van der Waals surface area contributed by atoms with Crippen molar-refractivity contribution in [3.8, 4) is 6.07 Å². The number of piperidine rings is 1. The quantitative estimate of drug-likeness (QED) is 0.817. The maximum Gasteiger partial charge on any atom is 0.293 e. The second-order valence-electron chi connectivity index (χ2n) is 4.79. The molecule has 0 radical (unpaired) electrons. The summed E-state index contributed by atoms with van der Waals surface area (Å²) >= 11 is 0. The summed E-state index contributed by atoms with van der Waals surface area (Å²) < 4.78 is 5.18. The Labute approximate surface area is 108 Å². The van der Waals surface area contributed by atoms with Crippen LogP contribution in [-0.4, -0.2) is 20.2 Å². The number of methoxy groups -OCH3 is 1. The van der Waals surface area contributed by atoms with Crippen LogP contribution < -0.4 is 9.88 Å². The lowest BCUT2D eigenvalue weighted by Gasteiger charge is -2.22. The van der Waals surface area contributed by atoms with Crippen LogP contribution in [-0.2, 0) is 11.3 Å². The van der Waals surface area contributed by atoms with Crippen LogP contribution in [0.5, 0.6) is 0 Å². The molecule has 0 spiro atoms. The largest absolute Gasteiger partial charge is 0.380 e. The molecule has 1 fully saturated rings. The third-order valence-corrected chi connectivity index (χ3v) is 3.35. The zero-order chi connectivity index (χ0) is 13.0. The molecule has 1 aliphatic heterocycles. The summed E-state index contributed by atoms with van der Waals surface area (Å²) in [6.07, 6.45) is 3.69. The van der Waals surface area contributed by atoms with Crippen LogP contribution in [0, 0.1) is 18.3 Å². The van der Waals surface area contributed by atoms with Crippen molar-refractivity contribution < 1.29 is 9.72 Å². The number of hydrogen-bond donors (Lipinski definition) is 0. The standard InChI is InChI=1S/C14H19N3O/c1-11-8-12(10-18-2)13(9-15)14(16-11)17-6-4-3-5-7-17/h8H,3-7,10H2,1-2H3/p+1. The minimum atomic E-state index is 0.485. The Balaban J connectivity index is 2.41. The van der Waals surface area contributed by atoms with Gasteiger partial charge in [-0.1, -0.05) is 0 Å². The zero-order valence-corrected chi connectivity index (χ0v) is 11.1. The molecule has 4 heteroatoms. The van der Waals surface area contributed by atoms with E-state index >= 15 is 0 Å². The van der Waals surface area contributed by atoms with E-state index in [9.17, 15) is 5.26 Å². The van der Waals surface area contributed by atoms with E-state index in [0.717, 1.165) is 35.7 Å². The number of nitriles is 1. The fourth-order valence-corrected chi connectivity index (χ4v) is 2.52. The number of ether oxygens (including phenoxy) is 1. The smallest absolute Gasteiger partial charge is 0.293 e. The summed E-state index contributed by atoms with van der Waals surface area (Å²) in [5, 5.41) is 9.40. The summed E-state index contributed by atoms with van der Waals surface area (Å²) in [7, 11) is 1.66. The minimum absolute atomic E-state index is 0.485. The van der Waals surface area contributed by atoms with Crippen molar-refractivity contribution in [2.75, 3.05) is 25.1 Å². The van der Waals surface area contributed by atoms with Crippen molar-refractivity contribution in [3.05, 3.63) is 22.9 Å². The van der Waals surface area contributed by atoms with Gasteiger partial charge >= 0.3 is 0 Å². The Hall–Kier alpha value is -1.60. The van der Waals surface area contributed by atoms with Crippen LogP contribution in [0.25, 0.3) is 0 Å². The first-order chi connectivity index (χ1) is 8.76. The monoisotopic (exact) mass is 246 g/mol. The summed E-state index contributed by atoms with van der Waals surface area (Å²) in [4.78, 5) is 5.63. The SMILES string of the molecule is COCc1cc(C)[nH+]c(N2CCCCC2)c1C#N. The van der Waals surface area contributed by atoms with E-state index < -0.39 is 0 Å². The predicted molar refractivity (Wildman–Crippen MR) is 69.2 cm³/mol. The molecule has 4 nitrogen and oxygen atoms in total. The molecular formula is C14H20N3O+. The molecule has 18 heavy (non-hydrogen) atoms. The summed E-state index contributed by atoms with van der Waals surface area (Å²) in [6.45, 7) is 4.56. The van der Waals surface area contributed by atoms with Gasteiger partial charge in [-0.15, -0.1) is 0 Å². The molecule has 96 valence electrons. The third-order valence-electron chi connectivity index (χ3n) is 3.35. The average Bonchev–Trinajstić information content (AvgIpc) is 2.39. The highest BCUT2D eigenvalue weighted by molar-refractivity contribution is 5.54. The van der Waals surface area contributed by atoms with Crippen molar-refractivity contribution >= 4 is 5.82 Å². The van der Waals surface area contributed by atoms with E-state index in [2.05, 4.69) is 16.0 Å². The molecule has 0 aromatic carbocycles. The van der Waals surface area contributed by atoms with Gasteiger partial charge in [0.1, 0.15) is 11.6 Å². The summed E-state index contributed by atoms with van der Waals surface area (Å²) in [5.74, 6) is 0.962. The number of hydrogen-bond acceptors (Lipinski definition) is 3. The molecule has 1 aliphatic rings. The van der Waals surface area contributed by atoms with Gasteiger partial charge in [-0.3, -0.25) is 4.90 Å². The molecule has 1 aromatic heterocycles. The van der Waals surface area contributed by atoms with E-state index in [1.54, 1.807) is 7.11 Å². The lowest BCUT2D eigenvalue weighted by Crippen LogP contribution is -2.36. The average molecular weight is 246 g/mol. The fourth-order valence-electron chi connectivity index (χ4n) is 2.52. The molecule has 1 aromatic rings. The first-order valence-corrected chi connectivity index (χ1v) is 6.46. The van der Waals surface area contributed by atoms with Gasteiger partial charge in [-0.2, -0.15) is 5.26 Å². The van der Waals surface area contributed by atoms with Crippen LogP contribution in [0.15, 0.2) is 6.07 Å². The van der Waals surface area contributed by atoms with Crippen LogP contribution in [0.2, 0.25) is 0 Å². The van der Waals surface area contributed by atoms with Gasteiger partial charge in [0.05, 0.1) is 25.4 Å². The van der Waals surface area contributed by atoms with E-state index in [1.807, 2.05) is 13.0 Å². The van der Waals surface area contributed by atoms with Crippen molar-refractivity contribution in [2.45, 2.75) is 32.8 Å². The van der Waals surface area contributed by atoms with E-state index in [4.69, 9.17) is 4.74 Å². The third kappa shape index (κ3) is 2.62. The highest BCUT2D eigenvalue weighted by atomic mass is 16.5. The lowest BCUT2D eigenvalue weighted by molar-refractivity contribution is -0.374. The first-order valence-electron chi connectivity index (χ1n) is 6.46. The second-order valence-corrected chi connectivity index (χ2v) is 4.79. The molecule has 0 atom stereocenters. The molecule has 2 rings (SSSR count). The van der Waals surface area contributed by atoms with Gasteiger partial charge in [0, 0.05) is 12.7 Å². The normalized spacial score (nSPS) is 15.5. The maximum absolute atomic E-state index is 9.40. The zero-order valence-electron chi connectivity index (χ0n) is 11.1. The Kier molecular flexibility index (Phi) is 4.16. The number of pyridine rings is 1. The first kappa shape index (κ1) is 12.8. The number of aromatic amines is 1. The van der Waals surface area contributed by atoms with Gasteiger partial charge < -0.3 is 4.74 Å². The van der Waals surface area contributed by atoms with Gasteiger partial charge in [0.25, 0.3) is 5.82 Å². The maximum atomic E-state index is 9.40. The number of H-pyrrole nitrogens is 1. The molecule has 0 saturated carbocycles. The highest BCUT2D eigenvalue weighted by Gasteiger charge is 2.25. The van der Waals surface area contributed by atoms with Gasteiger partial charge in [0.2, 0.25) is 0 Å². The highest BCUT2D eigenvalue weighted by Crippen LogP contribution is 2.22. The Morgan fingerprint density at radius 2 is 2.11 bits per heavy atom. The van der Waals surface area contributed by atoms with E-state index in [0.29, 0.717) is 6.61 Å². The molecule has 1 N–H and O–H groups in total. The van der Waals surface area contributed by atoms with Crippen molar-refractivity contribution in [2.24, 2.45) is 0 Å². The number of anilines is 1. The summed E-state index contributed by atoms with van der Waals surface area (Å²) in [6, 6.07) is 4.32. The van der Waals surface area contributed by atoms with Crippen LogP contribution >= 0.6 is 0 Å². The molecule has 0 aliphatic carbocycles. The Morgan fingerprint density at radius 1 is 1.39 bits per heavy atom. The second kappa shape index (κ2) is 5.83. The molecule has 0 amide bonds. The fraction of sp³-hybridized carbons (Fsp3) is 0.571. The van der Waals surface area contributed by atoms with Gasteiger partial charge in [-0.25, -0.2) is 4.98 Å². The molecule has 1 saturated heterocycles. The molecular weight excluding hydrogens is 226 g/mol.